The number of nitrogens with one attached hydrogen (secondary N) is 1. The van der Waals surface area contributed by atoms with Gasteiger partial charge in [0.25, 0.3) is 5.91 Å². The number of hydrogen-bond donors (Lipinski definition) is 2. The van der Waals surface area contributed by atoms with E-state index in [0.29, 0.717) is 11.1 Å². The summed E-state index contributed by atoms with van der Waals surface area (Å²) in [6, 6.07) is 12.5. The molecule has 0 heterocycles. The van der Waals surface area contributed by atoms with Gasteiger partial charge in [-0.15, -0.1) is 0 Å². The number of phenols is 1. The highest BCUT2D eigenvalue weighted by molar-refractivity contribution is 6.05. The number of nitrogens with zero attached hydrogens (tertiary/aromatic N) is 1. The quantitative estimate of drug-likeness (QED) is 0.901. The Kier molecular flexibility index (Phi) is 3.94. The van der Waals surface area contributed by atoms with Gasteiger partial charge in [0, 0.05) is 36.6 Å². The lowest BCUT2D eigenvalue weighted by Gasteiger charge is -2.13. The Balaban J connectivity index is 2.17. The van der Waals surface area contributed by atoms with Crippen molar-refractivity contribution < 1.29 is 9.90 Å². The van der Waals surface area contributed by atoms with E-state index in [4.69, 9.17) is 0 Å². The highest BCUT2D eigenvalue weighted by Gasteiger charge is 2.11. The third-order valence-corrected chi connectivity index (χ3v) is 3.19. The van der Waals surface area contributed by atoms with Crippen molar-refractivity contribution in [3.05, 3.63) is 53.6 Å². The van der Waals surface area contributed by atoms with Crippen LogP contribution in [0.25, 0.3) is 0 Å². The largest absolute Gasteiger partial charge is 0.508 e. The van der Waals surface area contributed by atoms with Crippen molar-refractivity contribution in [3.8, 4) is 5.75 Å². The van der Waals surface area contributed by atoms with E-state index in [9.17, 15) is 9.90 Å². The summed E-state index contributed by atoms with van der Waals surface area (Å²) in [5.74, 6) is -0.100. The number of phenolic OH excluding ortho intramolecular Hbond substituents is 1. The topological polar surface area (TPSA) is 52.6 Å². The maximum absolute atomic E-state index is 12.2. The van der Waals surface area contributed by atoms with Crippen molar-refractivity contribution in [3.63, 3.8) is 0 Å². The molecule has 0 aromatic heterocycles. The highest BCUT2D eigenvalue weighted by Crippen LogP contribution is 2.21. The fourth-order valence-electron chi connectivity index (χ4n) is 1.91. The molecule has 0 saturated heterocycles. The maximum Gasteiger partial charge on any atom is 0.256 e. The molecule has 0 spiro atoms. The Morgan fingerprint density at radius 1 is 1.10 bits per heavy atom. The maximum atomic E-state index is 12.2. The molecule has 2 aromatic carbocycles. The highest BCUT2D eigenvalue weighted by atomic mass is 16.3. The van der Waals surface area contributed by atoms with E-state index in [1.807, 2.05) is 43.3 Å². The van der Waals surface area contributed by atoms with Crippen LogP contribution in [0.4, 0.5) is 11.4 Å². The molecule has 0 aliphatic carbocycles. The van der Waals surface area contributed by atoms with Crippen LogP contribution in [0.2, 0.25) is 0 Å². The Hall–Kier alpha value is -2.49. The van der Waals surface area contributed by atoms with Crippen LogP contribution in [0.5, 0.6) is 5.75 Å². The average Bonchev–Trinajstić information content (AvgIpc) is 2.42. The van der Waals surface area contributed by atoms with Gasteiger partial charge in [-0.25, -0.2) is 0 Å². The molecule has 4 nitrogen and oxygen atoms in total. The first-order chi connectivity index (χ1) is 9.49. The number of rotatable bonds is 3. The van der Waals surface area contributed by atoms with Gasteiger partial charge in [0.2, 0.25) is 0 Å². The van der Waals surface area contributed by atoms with Crippen LogP contribution in [-0.2, 0) is 0 Å². The van der Waals surface area contributed by atoms with Gasteiger partial charge < -0.3 is 15.3 Å². The van der Waals surface area contributed by atoms with Gasteiger partial charge in [-0.3, -0.25) is 4.79 Å². The second-order valence-corrected chi connectivity index (χ2v) is 4.85. The molecule has 0 atom stereocenters. The molecule has 0 bridgehead atoms. The summed E-state index contributed by atoms with van der Waals surface area (Å²) in [4.78, 5) is 14.2. The first-order valence-corrected chi connectivity index (χ1v) is 6.36. The number of benzene rings is 2. The SMILES string of the molecule is Cc1c(O)cccc1C(=O)Nc1ccc(N(C)C)cc1. The van der Waals surface area contributed by atoms with Crippen molar-refractivity contribution in [1.29, 1.82) is 0 Å². The molecule has 0 radical (unpaired) electrons. The van der Waals surface area contributed by atoms with Gasteiger partial charge in [0.15, 0.2) is 0 Å². The molecule has 0 aliphatic heterocycles. The molecule has 0 fully saturated rings. The number of hydrogen-bond acceptors (Lipinski definition) is 3. The van der Waals surface area contributed by atoms with Crippen molar-refractivity contribution in [2.24, 2.45) is 0 Å². The van der Waals surface area contributed by atoms with Crippen molar-refractivity contribution in [2.45, 2.75) is 6.92 Å². The summed E-state index contributed by atoms with van der Waals surface area (Å²) in [7, 11) is 3.92. The van der Waals surface area contributed by atoms with Gasteiger partial charge in [-0.1, -0.05) is 6.07 Å². The zero-order valence-electron chi connectivity index (χ0n) is 11.8. The monoisotopic (exact) mass is 270 g/mol. The van der Waals surface area contributed by atoms with Gasteiger partial charge in [-0.05, 0) is 43.3 Å². The van der Waals surface area contributed by atoms with E-state index in [0.717, 1.165) is 11.4 Å². The van der Waals surface area contributed by atoms with Crippen molar-refractivity contribution >= 4 is 17.3 Å². The van der Waals surface area contributed by atoms with Crippen molar-refractivity contribution in [2.75, 3.05) is 24.3 Å². The van der Waals surface area contributed by atoms with Crippen LogP contribution >= 0.6 is 0 Å². The first-order valence-electron chi connectivity index (χ1n) is 6.36. The lowest BCUT2D eigenvalue weighted by atomic mass is 10.1. The van der Waals surface area contributed by atoms with E-state index >= 15 is 0 Å². The van der Waals surface area contributed by atoms with E-state index in [1.165, 1.54) is 0 Å². The summed E-state index contributed by atoms with van der Waals surface area (Å²) in [6.45, 7) is 1.72. The minimum absolute atomic E-state index is 0.126. The second kappa shape index (κ2) is 5.65. The Bertz CT molecular complexity index is 619. The number of amides is 1. The van der Waals surface area contributed by atoms with Crippen LogP contribution in [0.3, 0.4) is 0 Å². The summed E-state index contributed by atoms with van der Waals surface area (Å²) >= 11 is 0. The van der Waals surface area contributed by atoms with Crippen LogP contribution in [0, 0.1) is 6.92 Å². The number of anilines is 2. The number of aromatic hydroxyl groups is 1. The normalized spacial score (nSPS) is 10.2. The smallest absolute Gasteiger partial charge is 0.256 e. The molecule has 20 heavy (non-hydrogen) atoms. The predicted molar refractivity (Wildman–Crippen MR) is 81.6 cm³/mol. The molecule has 104 valence electrons. The van der Waals surface area contributed by atoms with E-state index < -0.39 is 0 Å². The zero-order chi connectivity index (χ0) is 14.7. The fourth-order valence-corrected chi connectivity index (χ4v) is 1.91. The summed E-state index contributed by atoms with van der Waals surface area (Å²) in [5.41, 5.74) is 2.84. The molecule has 2 aromatic rings. The minimum atomic E-state index is -0.226. The van der Waals surface area contributed by atoms with Gasteiger partial charge in [0.1, 0.15) is 5.75 Å². The molecule has 2 N–H and O–H groups in total. The molecule has 4 heteroatoms. The molecule has 0 unspecified atom stereocenters. The second-order valence-electron chi connectivity index (χ2n) is 4.85. The predicted octanol–water partition coefficient (Wildman–Crippen LogP) is 3.02. The Morgan fingerprint density at radius 2 is 1.75 bits per heavy atom. The van der Waals surface area contributed by atoms with Crippen molar-refractivity contribution in [1.82, 2.24) is 0 Å². The third kappa shape index (κ3) is 2.91. The molecule has 0 saturated carbocycles. The first kappa shape index (κ1) is 13.9. The molecular weight excluding hydrogens is 252 g/mol. The van der Waals surface area contributed by atoms with Crippen LogP contribution in [-0.4, -0.2) is 25.1 Å². The molecule has 1 amide bonds. The Morgan fingerprint density at radius 3 is 2.35 bits per heavy atom. The summed E-state index contributed by atoms with van der Waals surface area (Å²) in [5, 5.41) is 12.5. The lowest BCUT2D eigenvalue weighted by molar-refractivity contribution is 0.102. The number of carbonyl (C=O) groups is 1. The number of carbonyl (C=O) groups excluding carboxylic acids is 1. The minimum Gasteiger partial charge on any atom is -0.508 e. The van der Waals surface area contributed by atoms with E-state index in [2.05, 4.69) is 5.32 Å². The average molecular weight is 270 g/mol. The van der Waals surface area contributed by atoms with Crippen LogP contribution in [0.15, 0.2) is 42.5 Å². The lowest BCUT2D eigenvalue weighted by Crippen LogP contribution is -2.13. The Labute approximate surface area is 118 Å². The van der Waals surface area contributed by atoms with E-state index in [1.54, 1.807) is 25.1 Å². The third-order valence-electron chi connectivity index (χ3n) is 3.19. The van der Waals surface area contributed by atoms with Gasteiger partial charge in [0.05, 0.1) is 0 Å². The molecule has 2 rings (SSSR count). The summed E-state index contributed by atoms with van der Waals surface area (Å²) in [6.07, 6.45) is 0. The summed E-state index contributed by atoms with van der Waals surface area (Å²) < 4.78 is 0. The zero-order valence-corrected chi connectivity index (χ0v) is 11.8. The van der Waals surface area contributed by atoms with Crippen LogP contribution in [0.1, 0.15) is 15.9 Å². The molecule has 0 aliphatic rings. The molecular formula is C16H18N2O2. The van der Waals surface area contributed by atoms with E-state index in [-0.39, 0.29) is 11.7 Å². The van der Waals surface area contributed by atoms with Gasteiger partial charge in [-0.2, -0.15) is 0 Å². The standard InChI is InChI=1S/C16H18N2O2/c1-11-14(5-4-6-15(11)19)16(20)17-12-7-9-13(10-8-12)18(2)3/h4-10,19H,1-3H3,(H,17,20). The van der Waals surface area contributed by atoms with Crippen LogP contribution < -0.4 is 10.2 Å². The fraction of sp³-hybridized carbons (Fsp3) is 0.188. The van der Waals surface area contributed by atoms with Gasteiger partial charge >= 0.3 is 0 Å².